The molecule has 0 fully saturated rings. The first-order valence-corrected chi connectivity index (χ1v) is 10.9. The second kappa shape index (κ2) is 5.28. The van der Waals surface area contributed by atoms with Gasteiger partial charge in [0.05, 0.1) is 6.10 Å². The molecule has 0 saturated carbocycles. The molecule has 0 aliphatic rings. The van der Waals surface area contributed by atoms with Crippen molar-refractivity contribution in [3.05, 3.63) is 60.2 Å². The van der Waals surface area contributed by atoms with Gasteiger partial charge in [0.25, 0.3) is 0 Å². The maximum Gasteiger partial charge on any atom is 0.184 e. The van der Waals surface area contributed by atoms with Crippen LogP contribution in [0.15, 0.2) is 54.6 Å². The van der Waals surface area contributed by atoms with Gasteiger partial charge in [-0.25, -0.2) is 0 Å². The zero-order chi connectivity index (χ0) is 15.0. The fourth-order valence-electron chi connectivity index (χ4n) is 2.94. The third-order valence-corrected chi connectivity index (χ3v) is 4.81. The van der Waals surface area contributed by atoms with Gasteiger partial charge in [-0.05, 0) is 65.8 Å². The molecule has 0 radical (unpaired) electrons. The third-order valence-electron chi connectivity index (χ3n) is 3.75. The van der Waals surface area contributed by atoms with E-state index in [1.165, 1.54) is 27.1 Å². The van der Waals surface area contributed by atoms with Gasteiger partial charge in [-0.1, -0.05) is 42.5 Å². The van der Waals surface area contributed by atoms with Crippen LogP contribution >= 0.6 is 0 Å². The van der Waals surface area contributed by atoms with Crippen LogP contribution in [-0.2, 0) is 4.43 Å². The lowest BCUT2D eigenvalue weighted by Crippen LogP contribution is -2.27. The van der Waals surface area contributed by atoms with E-state index in [1.54, 1.807) is 0 Å². The topological polar surface area (TPSA) is 9.23 Å². The summed E-state index contributed by atoms with van der Waals surface area (Å²) in [5, 5.41) is 5.18. The SMILES string of the molecule is CC(O[Si](C)(C)C)c1cccc2cc3ccccc3cc12. The van der Waals surface area contributed by atoms with E-state index in [0.717, 1.165) is 0 Å². The largest absolute Gasteiger partial charge is 0.411 e. The molecule has 0 aromatic heterocycles. The van der Waals surface area contributed by atoms with E-state index in [4.69, 9.17) is 4.43 Å². The minimum absolute atomic E-state index is 0.140. The van der Waals surface area contributed by atoms with Crippen LogP contribution in [0.5, 0.6) is 0 Å². The average molecular weight is 294 g/mol. The number of fused-ring (bicyclic) bond motifs is 2. The molecule has 0 aliphatic carbocycles. The fraction of sp³-hybridized carbons (Fsp3) is 0.263. The monoisotopic (exact) mass is 294 g/mol. The summed E-state index contributed by atoms with van der Waals surface area (Å²) in [5.41, 5.74) is 1.29. The minimum Gasteiger partial charge on any atom is -0.411 e. The first-order chi connectivity index (χ1) is 9.94. The van der Waals surface area contributed by atoms with Gasteiger partial charge in [0.2, 0.25) is 0 Å². The number of benzene rings is 3. The quantitative estimate of drug-likeness (QED) is 0.431. The highest BCUT2D eigenvalue weighted by Gasteiger charge is 2.20. The second-order valence-electron chi connectivity index (χ2n) is 6.64. The summed E-state index contributed by atoms with van der Waals surface area (Å²) < 4.78 is 6.28. The summed E-state index contributed by atoms with van der Waals surface area (Å²) in [6, 6.07) is 19.6. The predicted molar refractivity (Wildman–Crippen MR) is 94.3 cm³/mol. The molecule has 0 amide bonds. The Labute approximate surface area is 127 Å². The van der Waals surface area contributed by atoms with Crippen LogP contribution in [0, 0.1) is 0 Å². The minimum atomic E-state index is -1.54. The lowest BCUT2D eigenvalue weighted by Gasteiger charge is -2.25. The molecule has 3 aromatic rings. The van der Waals surface area contributed by atoms with Crippen LogP contribution in [0.4, 0.5) is 0 Å². The highest BCUT2D eigenvalue weighted by atomic mass is 28.4. The molecule has 1 nitrogen and oxygen atoms in total. The summed E-state index contributed by atoms with van der Waals surface area (Å²) >= 11 is 0. The van der Waals surface area contributed by atoms with Crippen LogP contribution in [0.1, 0.15) is 18.6 Å². The van der Waals surface area contributed by atoms with Crippen molar-refractivity contribution in [1.82, 2.24) is 0 Å². The van der Waals surface area contributed by atoms with Crippen molar-refractivity contribution in [3.63, 3.8) is 0 Å². The molecule has 0 N–H and O–H groups in total. The summed E-state index contributed by atoms with van der Waals surface area (Å²) in [6.45, 7) is 8.89. The Morgan fingerprint density at radius 2 is 1.43 bits per heavy atom. The van der Waals surface area contributed by atoms with Crippen molar-refractivity contribution < 1.29 is 4.43 Å². The number of rotatable bonds is 3. The number of hydrogen-bond donors (Lipinski definition) is 0. The van der Waals surface area contributed by atoms with Crippen molar-refractivity contribution in [1.29, 1.82) is 0 Å². The van der Waals surface area contributed by atoms with Gasteiger partial charge in [-0.3, -0.25) is 0 Å². The van der Waals surface area contributed by atoms with E-state index in [2.05, 4.69) is 81.2 Å². The number of hydrogen-bond acceptors (Lipinski definition) is 1. The van der Waals surface area contributed by atoms with Crippen molar-refractivity contribution in [3.8, 4) is 0 Å². The van der Waals surface area contributed by atoms with Gasteiger partial charge in [0.1, 0.15) is 0 Å². The Hall–Kier alpha value is -1.64. The molecule has 2 heteroatoms. The molecule has 3 aromatic carbocycles. The Bertz CT molecular complexity index is 786. The zero-order valence-corrected chi connectivity index (χ0v) is 14.2. The molecule has 3 rings (SSSR count). The second-order valence-corrected chi connectivity index (χ2v) is 11.1. The van der Waals surface area contributed by atoms with Crippen molar-refractivity contribution >= 4 is 29.9 Å². The summed E-state index contributed by atoms with van der Waals surface area (Å²) in [6.07, 6.45) is 0.140. The van der Waals surface area contributed by atoms with E-state index in [-0.39, 0.29) is 6.10 Å². The van der Waals surface area contributed by atoms with Gasteiger partial charge < -0.3 is 4.43 Å². The van der Waals surface area contributed by atoms with Crippen molar-refractivity contribution in [2.75, 3.05) is 0 Å². The molecule has 1 unspecified atom stereocenters. The van der Waals surface area contributed by atoms with E-state index >= 15 is 0 Å². The van der Waals surface area contributed by atoms with Crippen LogP contribution in [-0.4, -0.2) is 8.32 Å². The maximum atomic E-state index is 6.28. The predicted octanol–water partition coefficient (Wildman–Crippen LogP) is 5.91. The lowest BCUT2D eigenvalue weighted by atomic mass is 9.97. The zero-order valence-electron chi connectivity index (χ0n) is 13.2. The Morgan fingerprint density at radius 3 is 2.10 bits per heavy atom. The van der Waals surface area contributed by atoms with Crippen molar-refractivity contribution in [2.45, 2.75) is 32.7 Å². The third kappa shape index (κ3) is 3.02. The maximum absolute atomic E-state index is 6.28. The highest BCUT2D eigenvalue weighted by Crippen LogP contribution is 2.31. The van der Waals surface area contributed by atoms with Crippen LogP contribution < -0.4 is 0 Å². The van der Waals surface area contributed by atoms with E-state index in [0.29, 0.717) is 0 Å². The first kappa shape index (κ1) is 14.3. The average Bonchev–Trinajstić information content (AvgIpc) is 2.42. The molecule has 0 heterocycles. The summed E-state index contributed by atoms with van der Waals surface area (Å²) in [7, 11) is -1.54. The molecule has 21 heavy (non-hydrogen) atoms. The smallest absolute Gasteiger partial charge is 0.184 e. The van der Waals surface area contributed by atoms with Gasteiger partial charge >= 0.3 is 0 Å². The summed E-state index contributed by atoms with van der Waals surface area (Å²) in [4.78, 5) is 0. The molecule has 1 atom stereocenters. The molecule has 0 aliphatic heterocycles. The standard InChI is InChI=1S/C19H22OSi/c1-14(20-21(2,3)4)18-11-7-10-17-12-15-8-5-6-9-16(15)13-19(17)18/h5-14H,1-4H3. The van der Waals surface area contributed by atoms with Crippen LogP contribution in [0.25, 0.3) is 21.5 Å². The van der Waals surface area contributed by atoms with Crippen LogP contribution in [0.3, 0.4) is 0 Å². The summed E-state index contributed by atoms with van der Waals surface area (Å²) in [5.74, 6) is 0. The van der Waals surface area contributed by atoms with E-state index in [9.17, 15) is 0 Å². The fourth-order valence-corrected chi connectivity index (χ4v) is 4.13. The molecular weight excluding hydrogens is 272 g/mol. The van der Waals surface area contributed by atoms with E-state index in [1.807, 2.05) is 0 Å². The Kier molecular flexibility index (Phi) is 3.60. The normalized spacial score (nSPS) is 13.7. The van der Waals surface area contributed by atoms with Gasteiger partial charge in [-0.15, -0.1) is 0 Å². The highest BCUT2D eigenvalue weighted by molar-refractivity contribution is 6.69. The molecule has 0 spiro atoms. The van der Waals surface area contributed by atoms with Gasteiger partial charge in [0.15, 0.2) is 8.32 Å². The molecule has 0 saturated heterocycles. The lowest BCUT2D eigenvalue weighted by molar-refractivity contribution is 0.221. The first-order valence-electron chi connectivity index (χ1n) is 7.53. The molecule has 0 bridgehead atoms. The van der Waals surface area contributed by atoms with Crippen LogP contribution in [0.2, 0.25) is 19.6 Å². The van der Waals surface area contributed by atoms with Crippen molar-refractivity contribution in [2.24, 2.45) is 0 Å². The van der Waals surface area contributed by atoms with E-state index < -0.39 is 8.32 Å². The molecular formula is C19H22OSi. The van der Waals surface area contributed by atoms with Gasteiger partial charge in [0, 0.05) is 0 Å². The Morgan fingerprint density at radius 1 is 0.810 bits per heavy atom. The van der Waals surface area contributed by atoms with Gasteiger partial charge in [-0.2, -0.15) is 0 Å². The Balaban J connectivity index is 2.16. The molecule has 108 valence electrons.